The van der Waals surface area contributed by atoms with Crippen LogP contribution in [0.4, 0.5) is 0 Å². The van der Waals surface area contributed by atoms with Gasteiger partial charge >= 0.3 is 0 Å². The average molecular weight is 434 g/mol. The Balaban J connectivity index is 1.61. The third-order valence-corrected chi connectivity index (χ3v) is 6.27. The maximum atomic E-state index is 6.32. The molecule has 6 rings (SSSR count). The highest BCUT2D eigenvalue weighted by molar-refractivity contribution is 6.33. The number of aromatic amines is 2. The summed E-state index contributed by atoms with van der Waals surface area (Å²) in [5.41, 5.74) is 5.76. The van der Waals surface area contributed by atoms with E-state index in [1.807, 2.05) is 41.0 Å². The average Bonchev–Trinajstić information content (AvgIpc) is 3.45. The van der Waals surface area contributed by atoms with Crippen molar-refractivity contribution in [3.8, 4) is 0 Å². The molecule has 3 aromatic heterocycles. The quantitative estimate of drug-likeness (QED) is 0.333. The van der Waals surface area contributed by atoms with E-state index in [0.717, 1.165) is 62.3 Å². The van der Waals surface area contributed by atoms with E-state index < -0.39 is 0 Å². The maximum absolute atomic E-state index is 6.32. The minimum absolute atomic E-state index is 0.736. The van der Waals surface area contributed by atoms with Crippen molar-refractivity contribution in [2.24, 2.45) is 0 Å². The van der Waals surface area contributed by atoms with Crippen molar-refractivity contribution >= 4 is 66.8 Å². The molecule has 0 saturated carbocycles. The molecule has 0 saturated heterocycles. The lowest BCUT2D eigenvalue weighted by Crippen LogP contribution is -1.98. The molecule has 0 bridgehead atoms. The van der Waals surface area contributed by atoms with E-state index in [0.29, 0.717) is 0 Å². The number of fused-ring (bicyclic) bond motifs is 6. The molecule has 0 aliphatic heterocycles. The van der Waals surface area contributed by atoms with Crippen LogP contribution in [0.5, 0.6) is 0 Å². The van der Waals surface area contributed by atoms with Crippen LogP contribution in [0, 0.1) is 0 Å². The molecule has 148 valence electrons. The van der Waals surface area contributed by atoms with Crippen molar-refractivity contribution in [3.63, 3.8) is 0 Å². The van der Waals surface area contributed by atoms with Gasteiger partial charge in [0.15, 0.2) is 0 Å². The lowest BCUT2D eigenvalue weighted by atomic mass is 10.00. The fourth-order valence-electron chi connectivity index (χ4n) is 4.44. The minimum Gasteiger partial charge on any atom is -0.354 e. The summed E-state index contributed by atoms with van der Waals surface area (Å²) in [7, 11) is 0. The molecule has 0 atom stereocenters. The minimum atomic E-state index is 0.736. The standard InChI is InChI=1S/C23H17Cl2N5/c24-13-3-5-20-16(8-13)18-10-19-17-9-14(25)4-6-21(17)29-23(19)15(22(18)28-20)2-1-7-30-11-26-27-12-30/h3-6,8-12,28-29H,1-2,7H2. The summed E-state index contributed by atoms with van der Waals surface area (Å²) >= 11 is 12.6. The number of H-pyrrole nitrogens is 2. The summed E-state index contributed by atoms with van der Waals surface area (Å²) in [4.78, 5) is 7.26. The highest BCUT2D eigenvalue weighted by Crippen LogP contribution is 2.38. The van der Waals surface area contributed by atoms with Gasteiger partial charge in [0.2, 0.25) is 0 Å². The van der Waals surface area contributed by atoms with Crippen LogP contribution in [-0.2, 0) is 13.0 Å². The largest absolute Gasteiger partial charge is 0.354 e. The summed E-state index contributed by atoms with van der Waals surface area (Å²) in [6.07, 6.45) is 5.39. The second-order valence-electron chi connectivity index (χ2n) is 7.63. The van der Waals surface area contributed by atoms with E-state index in [1.165, 1.54) is 16.3 Å². The van der Waals surface area contributed by atoms with Gasteiger partial charge in [-0.3, -0.25) is 0 Å². The summed E-state index contributed by atoms with van der Waals surface area (Å²) in [6.45, 7) is 0.864. The predicted octanol–water partition coefficient (Wildman–Crippen LogP) is 6.49. The van der Waals surface area contributed by atoms with Crippen LogP contribution in [-0.4, -0.2) is 24.7 Å². The van der Waals surface area contributed by atoms with Gasteiger partial charge in [-0.05, 0) is 55.3 Å². The highest BCUT2D eigenvalue weighted by atomic mass is 35.5. The Morgan fingerprint density at radius 3 is 1.87 bits per heavy atom. The zero-order chi connectivity index (χ0) is 20.2. The van der Waals surface area contributed by atoms with E-state index in [1.54, 1.807) is 12.7 Å². The van der Waals surface area contributed by atoms with Gasteiger partial charge in [-0.2, -0.15) is 0 Å². The zero-order valence-electron chi connectivity index (χ0n) is 15.9. The molecule has 0 fully saturated rings. The van der Waals surface area contributed by atoms with Gasteiger partial charge in [0, 0.05) is 54.7 Å². The molecule has 0 aliphatic rings. The molecule has 2 N–H and O–H groups in total. The summed E-state index contributed by atoms with van der Waals surface area (Å²) in [6, 6.07) is 14.2. The van der Waals surface area contributed by atoms with Crippen LogP contribution in [0.25, 0.3) is 43.6 Å². The van der Waals surface area contributed by atoms with Gasteiger partial charge in [-0.15, -0.1) is 10.2 Å². The van der Waals surface area contributed by atoms with Crippen LogP contribution < -0.4 is 0 Å². The second kappa shape index (κ2) is 6.76. The Hall–Kier alpha value is -3.02. The van der Waals surface area contributed by atoms with E-state index in [2.05, 4.69) is 26.2 Å². The predicted molar refractivity (Wildman–Crippen MR) is 124 cm³/mol. The van der Waals surface area contributed by atoms with Crippen molar-refractivity contribution in [2.75, 3.05) is 0 Å². The van der Waals surface area contributed by atoms with Gasteiger partial charge < -0.3 is 14.5 Å². The fraction of sp³-hybridized carbons (Fsp3) is 0.130. The molecule has 0 amide bonds. The van der Waals surface area contributed by atoms with Crippen LogP contribution in [0.15, 0.2) is 55.1 Å². The molecule has 0 aliphatic carbocycles. The van der Waals surface area contributed by atoms with Gasteiger partial charge in [0.05, 0.1) is 11.0 Å². The van der Waals surface area contributed by atoms with Gasteiger partial charge in [0.25, 0.3) is 0 Å². The number of aryl methyl sites for hydroxylation is 2. The lowest BCUT2D eigenvalue weighted by molar-refractivity contribution is 0.642. The molecule has 30 heavy (non-hydrogen) atoms. The number of nitrogens with zero attached hydrogens (tertiary/aromatic N) is 3. The second-order valence-corrected chi connectivity index (χ2v) is 8.51. The smallest absolute Gasteiger partial charge is 0.119 e. The van der Waals surface area contributed by atoms with Gasteiger partial charge in [-0.1, -0.05) is 23.2 Å². The molecule has 0 radical (unpaired) electrons. The van der Waals surface area contributed by atoms with Crippen molar-refractivity contribution in [1.29, 1.82) is 0 Å². The molecule has 3 heterocycles. The van der Waals surface area contributed by atoms with Crippen molar-refractivity contribution in [2.45, 2.75) is 19.4 Å². The van der Waals surface area contributed by atoms with Crippen LogP contribution in [0.2, 0.25) is 10.0 Å². The van der Waals surface area contributed by atoms with E-state index in [4.69, 9.17) is 23.2 Å². The Morgan fingerprint density at radius 1 is 0.733 bits per heavy atom. The van der Waals surface area contributed by atoms with Crippen LogP contribution >= 0.6 is 23.2 Å². The lowest BCUT2D eigenvalue weighted by Gasteiger charge is -2.07. The Kier molecular flexibility index (Phi) is 4.01. The highest BCUT2D eigenvalue weighted by Gasteiger charge is 2.16. The molecule has 6 aromatic rings. The Labute approximate surface area is 181 Å². The number of benzene rings is 3. The van der Waals surface area contributed by atoms with Crippen LogP contribution in [0.3, 0.4) is 0 Å². The molecule has 0 spiro atoms. The monoisotopic (exact) mass is 433 g/mol. The third-order valence-electron chi connectivity index (χ3n) is 5.80. The van der Waals surface area contributed by atoms with Crippen molar-refractivity contribution in [3.05, 3.63) is 70.7 Å². The zero-order valence-corrected chi connectivity index (χ0v) is 17.4. The first-order valence-corrected chi connectivity index (χ1v) is 10.6. The molecule has 5 nitrogen and oxygen atoms in total. The topological polar surface area (TPSA) is 62.3 Å². The summed E-state index contributed by atoms with van der Waals surface area (Å²) in [5, 5.41) is 13.9. The third kappa shape index (κ3) is 2.77. The number of hydrogen-bond acceptors (Lipinski definition) is 2. The first-order valence-electron chi connectivity index (χ1n) is 9.83. The van der Waals surface area contributed by atoms with Crippen molar-refractivity contribution in [1.82, 2.24) is 24.7 Å². The normalized spacial score (nSPS) is 12.1. The number of aromatic nitrogens is 5. The fourth-order valence-corrected chi connectivity index (χ4v) is 4.79. The Bertz CT molecular complexity index is 1450. The number of nitrogens with one attached hydrogen (secondary N) is 2. The molecule has 3 aromatic carbocycles. The van der Waals surface area contributed by atoms with Gasteiger partial charge in [-0.25, -0.2) is 0 Å². The van der Waals surface area contributed by atoms with E-state index >= 15 is 0 Å². The summed E-state index contributed by atoms with van der Waals surface area (Å²) in [5.74, 6) is 0. The number of rotatable bonds is 4. The maximum Gasteiger partial charge on any atom is 0.119 e. The molecule has 0 unspecified atom stereocenters. The first-order chi connectivity index (χ1) is 14.7. The SMILES string of the molecule is Clc1ccc2[nH]c3c(CCCn4cnnc4)c4[nH]c5ccc(Cl)cc5c4cc3c2c1. The number of halogens is 2. The first kappa shape index (κ1) is 17.8. The Morgan fingerprint density at radius 2 is 1.30 bits per heavy atom. The van der Waals surface area contributed by atoms with Crippen LogP contribution in [0.1, 0.15) is 12.0 Å². The van der Waals surface area contributed by atoms with E-state index in [-0.39, 0.29) is 0 Å². The van der Waals surface area contributed by atoms with Crippen molar-refractivity contribution < 1.29 is 0 Å². The molecular weight excluding hydrogens is 417 g/mol. The molecular formula is C23H17Cl2N5. The van der Waals surface area contributed by atoms with E-state index in [9.17, 15) is 0 Å². The summed E-state index contributed by atoms with van der Waals surface area (Å²) < 4.78 is 2.01. The van der Waals surface area contributed by atoms with Gasteiger partial charge in [0.1, 0.15) is 12.7 Å². The number of hydrogen-bond donors (Lipinski definition) is 2. The molecule has 7 heteroatoms.